The quantitative estimate of drug-likeness (QED) is 0.455. The van der Waals surface area contributed by atoms with Gasteiger partial charge in [0.2, 0.25) is 5.91 Å². The molecule has 32 heavy (non-hydrogen) atoms. The van der Waals surface area contributed by atoms with Crippen LogP contribution in [0.2, 0.25) is 5.02 Å². The van der Waals surface area contributed by atoms with Crippen LogP contribution in [0.3, 0.4) is 0 Å². The average molecular weight is 457 g/mol. The van der Waals surface area contributed by atoms with Crippen molar-refractivity contribution < 1.29 is 9.18 Å². The van der Waals surface area contributed by atoms with Crippen LogP contribution in [0.5, 0.6) is 0 Å². The number of allylic oxidation sites excluding steroid dienone is 1. The minimum atomic E-state index is -0.279. The third-order valence-electron chi connectivity index (χ3n) is 4.96. The van der Waals surface area contributed by atoms with Crippen molar-refractivity contribution in [3.63, 3.8) is 0 Å². The number of anilines is 1. The Morgan fingerprint density at radius 2 is 2.19 bits per heavy atom. The van der Waals surface area contributed by atoms with Crippen molar-refractivity contribution in [2.45, 2.75) is 19.4 Å². The lowest BCUT2D eigenvalue weighted by molar-refractivity contribution is -0.120. The van der Waals surface area contributed by atoms with Gasteiger partial charge in [-0.05, 0) is 43.1 Å². The van der Waals surface area contributed by atoms with E-state index in [9.17, 15) is 9.18 Å². The lowest BCUT2D eigenvalue weighted by atomic mass is 9.99. The largest absolute Gasteiger partial charge is 0.397 e. The van der Waals surface area contributed by atoms with Crippen LogP contribution in [-0.4, -0.2) is 30.2 Å². The number of benzene rings is 1. The van der Waals surface area contributed by atoms with E-state index < -0.39 is 0 Å². The number of aromatic nitrogens is 1. The molecular weight excluding hydrogens is 431 g/mol. The van der Waals surface area contributed by atoms with E-state index >= 15 is 0 Å². The molecule has 1 aliphatic rings. The van der Waals surface area contributed by atoms with E-state index in [4.69, 9.17) is 17.3 Å². The molecule has 1 aromatic carbocycles. The number of aliphatic imine (C=N–C) groups is 1. The Hall–Kier alpha value is -3.23. The van der Waals surface area contributed by atoms with Gasteiger partial charge in [0.1, 0.15) is 11.6 Å². The highest BCUT2D eigenvalue weighted by molar-refractivity contribution is 6.32. The lowest BCUT2D eigenvalue weighted by Crippen LogP contribution is -2.37. The summed E-state index contributed by atoms with van der Waals surface area (Å²) in [5.41, 5.74) is 8.44. The first-order chi connectivity index (χ1) is 15.4. The zero-order chi connectivity index (χ0) is 22.9. The molecule has 1 aliphatic heterocycles. The first-order valence-corrected chi connectivity index (χ1v) is 10.6. The molecule has 1 amide bonds. The first-order valence-electron chi connectivity index (χ1n) is 10.3. The van der Waals surface area contributed by atoms with Crippen LogP contribution in [0.4, 0.5) is 10.2 Å². The third-order valence-corrected chi connectivity index (χ3v) is 5.26. The van der Waals surface area contributed by atoms with Gasteiger partial charge in [0.05, 0.1) is 22.8 Å². The molecular formula is C23H26ClFN6O. The summed E-state index contributed by atoms with van der Waals surface area (Å²) in [5.74, 6) is -0.0680. The number of piperidine rings is 1. The molecule has 2 heterocycles. The fraction of sp³-hybridized carbons (Fsp3) is 0.261. The maximum atomic E-state index is 13.0. The van der Waals surface area contributed by atoms with E-state index in [1.165, 1.54) is 30.7 Å². The molecule has 5 N–H and O–H groups in total. The van der Waals surface area contributed by atoms with Gasteiger partial charge in [-0.25, -0.2) is 9.37 Å². The second-order valence-electron chi connectivity index (χ2n) is 7.45. The smallest absolute Gasteiger partial charge is 0.229 e. The van der Waals surface area contributed by atoms with E-state index in [1.807, 2.05) is 0 Å². The predicted octanol–water partition coefficient (Wildman–Crippen LogP) is 3.44. The van der Waals surface area contributed by atoms with Crippen LogP contribution < -0.4 is 21.7 Å². The number of pyridine rings is 1. The molecule has 1 aromatic heterocycles. The van der Waals surface area contributed by atoms with E-state index in [1.54, 1.807) is 18.2 Å². The Morgan fingerprint density at radius 3 is 2.91 bits per heavy atom. The van der Waals surface area contributed by atoms with Crippen LogP contribution in [0.15, 0.2) is 60.0 Å². The maximum absolute atomic E-state index is 13.0. The monoisotopic (exact) mass is 456 g/mol. The Kier molecular flexibility index (Phi) is 8.35. The summed E-state index contributed by atoms with van der Waals surface area (Å²) in [6.45, 7) is 5.95. The number of amides is 1. The fourth-order valence-electron chi connectivity index (χ4n) is 3.17. The number of carbonyl (C=O) groups excluding carboxylic acids is 1. The summed E-state index contributed by atoms with van der Waals surface area (Å²) in [6, 6.07) is 7.81. The molecule has 9 heteroatoms. The van der Waals surface area contributed by atoms with Gasteiger partial charge < -0.3 is 21.7 Å². The summed E-state index contributed by atoms with van der Waals surface area (Å²) < 4.78 is 13.0. The molecule has 0 unspecified atom stereocenters. The minimum absolute atomic E-state index is 0.0814. The van der Waals surface area contributed by atoms with Crippen molar-refractivity contribution in [2.75, 3.05) is 18.4 Å². The Bertz CT molecular complexity index is 1020. The fourth-order valence-corrected chi connectivity index (χ4v) is 3.39. The van der Waals surface area contributed by atoms with Gasteiger partial charge >= 0.3 is 0 Å². The first kappa shape index (κ1) is 23.4. The minimum Gasteiger partial charge on any atom is -0.397 e. The van der Waals surface area contributed by atoms with Crippen LogP contribution >= 0.6 is 11.6 Å². The zero-order valence-electron chi connectivity index (χ0n) is 17.6. The molecule has 2 aromatic rings. The number of hydrogen-bond acceptors (Lipinski definition) is 6. The van der Waals surface area contributed by atoms with Crippen LogP contribution in [0, 0.1) is 11.7 Å². The highest BCUT2D eigenvalue weighted by Gasteiger charge is 2.21. The molecule has 0 saturated carbocycles. The molecule has 0 radical (unpaired) electrons. The number of hydrogen-bond donors (Lipinski definition) is 4. The van der Waals surface area contributed by atoms with E-state index in [-0.39, 0.29) is 17.6 Å². The normalized spacial score (nSPS) is 16.7. The standard InChI is InChI=1S/C23H26ClFN6O/c1-15(29-11-16-4-6-18(25)7-5-16)10-28-14-21(26)19-9-22(30-13-20(19)24)31-23(32)17-3-2-8-27-12-17/h4-7,9-10,13-14,17,27,29H,1-3,8,11-12,26H2,(H,30,31,32)/b21-14-,28-10?/t17-/m1/s1. The number of nitrogens with zero attached hydrogens (tertiary/aromatic N) is 2. The van der Waals surface area contributed by atoms with Crippen molar-refractivity contribution in [1.82, 2.24) is 15.6 Å². The number of carbonyl (C=O) groups is 1. The highest BCUT2D eigenvalue weighted by atomic mass is 35.5. The van der Waals surface area contributed by atoms with Crippen LogP contribution in [-0.2, 0) is 11.3 Å². The molecule has 168 valence electrons. The number of nitrogens with one attached hydrogen (secondary N) is 3. The van der Waals surface area contributed by atoms with Crippen molar-refractivity contribution >= 4 is 35.2 Å². The molecule has 3 rings (SSSR count). The van der Waals surface area contributed by atoms with Gasteiger partial charge in [0, 0.05) is 36.8 Å². The second-order valence-corrected chi connectivity index (χ2v) is 7.86. The second kappa shape index (κ2) is 11.4. The maximum Gasteiger partial charge on any atom is 0.229 e. The predicted molar refractivity (Wildman–Crippen MR) is 127 cm³/mol. The number of nitrogens with two attached hydrogens (primary N) is 1. The summed E-state index contributed by atoms with van der Waals surface area (Å²) in [7, 11) is 0. The molecule has 1 saturated heterocycles. The van der Waals surface area contributed by atoms with Crippen molar-refractivity contribution in [1.29, 1.82) is 0 Å². The van der Waals surface area contributed by atoms with Crippen LogP contribution in [0.25, 0.3) is 5.70 Å². The van der Waals surface area contributed by atoms with E-state index in [0.717, 1.165) is 24.9 Å². The topological polar surface area (TPSA) is 104 Å². The summed E-state index contributed by atoms with van der Waals surface area (Å²) in [5, 5.41) is 9.47. The Morgan fingerprint density at radius 1 is 1.41 bits per heavy atom. The number of halogens is 2. The average Bonchev–Trinajstić information content (AvgIpc) is 2.80. The molecule has 1 atom stereocenters. The molecule has 0 spiro atoms. The SMILES string of the molecule is C=C(C=N/C=C(\N)c1cc(NC(=O)[C@@H]2CCCNC2)ncc1Cl)NCc1ccc(F)cc1. The van der Waals surface area contributed by atoms with Crippen LogP contribution in [0.1, 0.15) is 24.0 Å². The van der Waals surface area contributed by atoms with Gasteiger partial charge in [-0.3, -0.25) is 9.79 Å². The summed E-state index contributed by atoms with van der Waals surface area (Å²) in [4.78, 5) is 20.8. The zero-order valence-corrected chi connectivity index (χ0v) is 18.3. The van der Waals surface area contributed by atoms with Crippen molar-refractivity contribution in [3.05, 3.63) is 77.0 Å². The summed E-state index contributed by atoms with van der Waals surface area (Å²) in [6.07, 6.45) is 6.22. The lowest BCUT2D eigenvalue weighted by Gasteiger charge is -2.21. The number of rotatable bonds is 8. The van der Waals surface area contributed by atoms with E-state index in [0.29, 0.717) is 40.9 Å². The van der Waals surface area contributed by atoms with Gasteiger partial charge in [0.15, 0.2) is 0 Å². The van der Waals surface area contributed by atoms with Gasteiger partial charge in [0.25, 0.3) is 0 Å². The van der Waals surface area contributed by atoms with E-state index in [2.05, 4.69) is 32.5 Å². The molecule has 1 fully saturated rings. The van der Waals surface area contributed by atoms with Gasteiger partial charge in [-0.15, -0.1) is 0 Å². The van der Waals surface area contributed by atoms with Crippen molar-refractivity contribution in [2.24, 2.45) is 16.6 Å². The highest BCUT2D eigenvalue weighted by Crippen LogP contribution is 2.23. The molecule has 7 nitrogen and oxygen atoms in total. The van der Waals surface area contributed by atoms with Crippen molar-refractivity contribution in [3.8, 4) is 0 Å². The third kappa shape index (κ3) is 6.90. The molecule has 0 bridgehead atoms. The Labute approximate surface area is 191 Å². The Balaban J connectivity index is 1.58. The van der Waals surface area contributed by atoms with Gasteiger partial charge in [-0.1, -0.05) is 30.3 Å². The molecule has 0 aliphatic carbocycles. The van der Waals surface area contributed by atoms with Gasteiger partial charge in [-0.2, -0.15) is 0 Å². The summed E-state index contributed by atoms with van der Waals surface area (Å²) >= 11 is 6.23.